The highest BCUT2D eigenvalue weighted by atomic mass is 16.5. The van der Waals surface area contributed by atoms with E-state index in [1.165, 1.54) is 74.5 Å². The zero-order chi connectivity index (χ0) is 39.0. The normalized spacial score (nSPS) is 38.4. The SMILES string of the molecule is CCCCC(=O)O[C@H]1CC[C@H]2[C@@H]3CCc4cc(O)ccc4[C@H]3CC[C@]12C.CCCCCCC(=O)O[C@H]1CC[C@H]2[C@@H]3CCC4=CC(=O)CC[C@]4(C)[C@H]3CC[C@]12C. The van der Waals surface area contributed by atoms with Crippen molar-refractivity contribution in [3.05, 3.63) is 41.0 Å². The Morgan fingerprint density at radius 2 is 1.33 bits per heavy atom. The summed E-state index contributed by atoms with van der Waals surface area (Å²) >= 11 is 0. The summed E-state index contributed by atoms with van der Waals surface area (Å²) in [6.07, 6.45) is 25.4. The van der Waals surface area contributed by atoms with Gasteiger partial charge in [0.25, 0.3) is 0 Å². The highest BCUT2D eigenvalue weighted by Gasteiger charge is 2.60. The minimum Gasteiger partial charge on any atom is -0.508 e. The molecular weight excluding hydrogens is 685 g/mol. The smallest absolute Gasteiger partial charge is 0.306 e. The molecule has 7 aliphatic rings. The molecule has 11 atom stereocenters. The minimum atomic E-state index is 0.00492. The fourth-order valence-electron chi connectivity index (χ4n) is 13.9. The van der Waals surface area contributed by atoms with Crippen molar-refractivity contribution in [3.63, 3.8) is 0 Å². The molecule has 6 nitrogen and oxygen atoms in total. The highest BCUT2D eigenvalue weighted by Crippen LogP contribution is 2.66. The Kier molecular flexibility index (Phi) is 12.3. The van der Waals surface area contributed by atoms with Crippen molar-refractivity contribution >= 4 is 17.7 Å². The van der Waals surface area contributed by atoms with Crippen LogP contribution in [-0.4, -0.2) is 35.0 Å². The third-order valence-electron chi connectivity index (χ3n) is 17.0. The second-order valence-corrected chi connectivity index (χ2v) is 19.9. The minimum absolute atomic E-state index is 0.00492. The molecule has 8 rings (SSSR count). The first-order chi connectivity index (χ1) is 26.4. The van der Waals surface area contributed by atoms with Crippen LogP contribution in [0.15, 0.2) is 29.8 Å². The number of phenols is 1. The van der Waals surface area contributed by atoms with Crippen molar-refractivity contribution in [3.8, 4) is 5.75 Å². The first-order valence-electron chi connectivity index (χ1n) is 22.9. The summed E-state index contributed by atoms with van der Waals surface area (Å²) in [4.78, 5) is 36.7. The van der Waals surface area contributed by atoms with Gasteiger partial charge in [-0.25, -0.2) is 0 Å². The molecule has 0 unspecified atom stereocenters. The maximum absolute atomic E-state index is 12.5. The maximum Gasteiger partial charge on any atom is 0.306 e. The fraction of sp³-hybridized carbons (Fsp3) is 0.776. The topological polar surface area (TPSA) is 89.9 Å². The predicted octanol–water partition coefficient (Wildman–Crippen LogP) is 11.8. The van der Waals surface area contributed by atoms with E-state index in [4.69, 9.17) is 9.47 Å². The quantitative estimate of drug-likeness (QED) is 0.189. The molecule has 1 aromatic carbocycles. The van der Waals surface area contributed by atoms with Crippen LogP contribution in [0.5, 0.6) is 5.75 Å². The van der Waals surface area contributed by atoms with E-state index in [1.807, 2.05) is 18.2 Å². The van der Waals surface area contributed by atoms with Crippen molar-refractivity contribution in [1.82, 2.24) is 0 Å². The second kappa shape index (κ2) is 16.7. The lowest BCUT2D eigenvalue weighted by molar-refractivity contribution is -0.160. The van der Waals surface area contributed by atoms with E-state index in [2.05, 4.69) is 40.7 Å². The molecule has 0 saturated heterocycles. The van der Waals surface area contributed by atoms with Crippen LogP contribution < -0.4 is 0 Å². The Morgan fingerprint density at radius 3 is 2.02 bits per heavy atom. The summed E-state index contributed by atoms with van der Waals surface area (Å²) in [6, 6.07) is 5.97. The predicted molar refractivity (Wildman–Crippen MR) is 217 cm³/mol. The van der Waals surface area contributed by atoms with Crippen LogP contribution >= 0.6 is 0 Å². The maximum atomic E-state index is 12.5. The van der Waals surface area contributed by atoms with Gasteiger partial charge in [-0.1, -0.05) is 71.9 Å². The van der Waals surface area contributed by atoms with Gasteiger partial charge in [0.15, 0.2) is 5.78 Å². The van der Waals surface area contributed by atoms with Gasteiger partial charge >= 0.3 is 11.9 Å². The zero-order valence-corrected chi connectivity index (χ0v) is 35.0. The molecule has 55 heavy (non-hydrogen) atoms. The molecule has 7 aliphatic carbocycles. The number of esters is 2. The van der Waals surface area contributed by atoms with E-state index >= 15 is 0 Å². The summed E-state index contributed by atoms with van der Waals surface area (Å²) in [5.41, 5.74) is 4.78. The van der Waals surface area contributed by atoms with Crippen molar-refractivity contribution in [2.45, 2.75) is 194 Å². The molecule has 1 N–H and O–H groups in total. The number of phenolic OH excluding ortho intramolecular Hbond substituents is 1. The molecule has 1 aromatic rings. The number of aromatic hydroxyl groups is 1. The number of fused-ring (bicyclic) bond motifs is 10. The molecule has 0 bridgehead atoms. The number of carbonyl (C=O) groups is 3. The number of unbranched alkanes of at least 4 members (excludes halogenated alkanes) is 4. The van der Waals surface area contributed by atoms with Gasteiger partial charge in [0.2, 0.25) is 0 Å². The van der Waals surface area contributed by atoms with E-state index in [9.17, 15) is 19.5 Å². The van der Waals surface area contributed by atoms with Gasteiger partial charge in [-0.3, -0.25) is 14.4 Å². The van der Waals surface area contributed by atoms with Gasteiger partial charge in [-0.2, -0.15) is 0 Å². The second-order valence-electron chi connectivity index (χ2n) is 19.9. The number of carbonyl (C=O) groups excluding carboxylic acids is 3. The first-order valence-corrected chi connectivity index (χ1v) is 22.9. The monoisotopic (exact) mass is 757 g/mol. The Bertz CT molecular complexity index is 1590. The third-order valence-corrected chi connectivity index (χ3v) is 17.0. The number of allylic oxidation sites excluding steroid dienone is 1. The van der Waals surface area contributed by atoms with Crippen molar-refractivity contribution in [2.24, 2.45) is 45.8 Å². The van der Waals surface area contributed by atoms with Gasteiger partial charge < -0.3 is 14.6 Å². The number of ether oxygens (including phenoxy) is 2. The fourth-order valence-corrected chi connectivity index (χ4v) is 13.9. The molecule has 0 amide bonds. The first kappa shape index (κ1) is 40.6. The molecule has 6 heteroatoms. The number of hydrogen-bond acceptors (Lipinski definition) is 6. The van der Waals surface area contributed by atoms with Crippen LogP contribution in [0.4, 0.5) is 0 Å². The van der Waals surface area contributed by atoms with E-state index < -0.39 is 0 Å². The van der Waals surface area contributed by atoms with Crippen LogP contribution in [0, 0.1) is 45.8 Å². The van der Waals surface area contributed by atoms with E-state index in [0.717, 1.165) is 76.5 Å². The van der Waals surface area contributed by atoms with Crippen LogP contribution in [0.25, 0.3) is 0 Å². The molecule has 0 heterocycles. The average Bonchev–Trinajstić information content (AvgIpc) is 3.68. The van der Waals surface area contributed by atoms with Gasteiger partial charge in [0.1, 0.15) is 18.0 Å². The lowest BCUT2D eigenvalue weighted by Gasteiger charge is -2.57. The molecule has 0 radical (unpaired) electrons. The largest absolute Gasteiger partial charge is 0.508 e. The Hall–Kier alpha value is -2.63. The molecular formula is C49H72O6. The Labute approximate surface area is 332 Å². The Morgan fingerprint density at radius 1 is 0.691 bits per heavy atom. The summed E-state index contributed by atoms with van der Waals surface area (Å²) in [6.45, 7) is 11.5. The lowest BCUT2D eigenvalue weighted by atomic mass is 9.47. The van der Waals surface area contributed by atoms with Crippen LogP contribution in [0.3, 0.4) is 0 Å². The summed E-state index contributed by atoms with van der Waals surface area (Å²) in [5, 5.41) is 9.81. The molecule has 5 fully saturated rings. The summed E-state index contributed by atoms with van der Waals surface area (Å²) in [5.74, 6) is 4.85. The van der Waals surface area contributed by atoms with E-state index in [0.29, 0.717) is 54.0 Å². The number of hydrogen-bond donors (Lipinski definition) is 1. The highest BCUT2D eigenvalue weighted by molar-refractivity contribution is 5.91. The standard InChI is InChI=1S/C26H40O3.C23H32O3/c1-4-5-6-7-8-24(28)29-23-12-11-21-20-10-9-18-17-19(27)13-15-25(18,2)22(20)14-16-26(21,23)3;1-3-4-5-22(25)26-21-11-10-20-19-8-6-15-14-16(24)7-9-17(15)18(19)12-13-23(20,21)2/h17,20-23H,4-16H2,1-3H3;7,9,14,18-21,24H,3-6,8,10-13H2,1-2H3/t20-,21-,22-,23-,25-,26-;18-,19-,20+,21+,23+/m01/s1. The number of rotatable bonds is 10. The molecule has 0 aromatic heterocycles. The van der Waals surface area contributed by atoms with E-state index in [1.54, 1.807) is 0 Å². The molecule has 0 aliphatic heterocycles. The van der Waals surface area contributed by atoms with Crippen LogP contribution in [0.1, 0.15) is 187 Å². The van der Waals surface area contributed by atoms with Crippen molar-refractivity contribution < 1.29 is 29.0 Å². The lowest BCUT2D eigenvalue weighted by Crippen LogP contribution is -2.51. The molecule has 304 valence electrons. The average molecular weight is 757 g/mol. The number of ketones is 1. The number of benzene rings is 1. The summed E-state index contributed by atoms with van der Waals surface area (Å²) < 4.78 is 12.1. The van der Waals surface area contributed by atoms with Gasteiger partial charge in [0.05, 0.1) is 0 Å². The Balaban J connectivity index is 0.000000170. The zero-order valence-electron chi connectivity index (χ0n) is 35.0. The number of aryl methyl sites for hydroxylation is 1. The van der Waals surface area contributed by atoms with Gasteiger partial charge in [-0.05, 0) is 167 Å². The van der Waals surface area contributed by atoms with Crippen molar-refractivity contribution in [1.29, 1.82) is 0 Å². The van der Waals surface area contributed by atoms with Crippen molar-refractivity contribution in [2.75, 3.05) is 0 Å². The van der Waals surface area contributed by atoms with Crippen LogP contribution in [0.2, 0.25) is 0 Å². The van der Waals surface area contributed by atoms with Gasteiger partial charge in [-0.15, -0.1) is 0 Å². The molecule has 5 saturated carbocycles. The van der Waals surface area contributed by atoms with E-state index in [-0.39, 0.29) is 40.4 Å². The summed E-state index contributed by atoms with van der Waals surface area (Å²) in [7, 11) is 0. The van der Waals surface area contributed by atoms with Gasteiger partial charge in [0, 0.05) is 30.1 Å². The van der Waals surface area contributed by atoms with Crippen LogP contribution in [-0.2, 0) is 30.3 Å². The third kappa shape index (κ3) is 7.84. The molecule has 0 spiro atoms.